The van der Waals surface area contributed by atoms with E-state index in [1.807, 2.05) is 0 Å². The smallest absolute Gasteiger partial charge is 0.357 e. The number of aromatic nitrogens is 1. The lowest BCUT2D eigenvalue weighted by Crippen LogP contribution is -2.37. The van der Waals surface area contributed by atoms with Gasteiger partial charge in [-0.05, 0) is 20.8 Å². The molecule has 0 bridgehead atoms. The summed E-state index contributed by atoms with van der Waals surface area (Å²) in [5.41, 5.74) is 4.85. The van der Waals surface area contributed by atoms with Gasteiger partial charge in [-0.1, -0.05) is 0 Å². The maximum Gasteiger partial charge on any atom is 0.357 e. The first kappa shape index (κ1) is 14.4. The number of anilines is 1. The van der Waals surface area contributed by atoms with E-state index >= 15 is 0 Å². The molecule has 0 atom stereocenters. The Kier molecular flexibility index (Phi) is 4.66. The molecule has 7 heteroatoms. The van der Waals surface area contributed by atoms with Gasteiger partial charge in [0.05, 0.1) is 12.0 Å². The molecule has 0 unspecified atom stereocenters. The van der Waals surface area contributed by atoms with Gasteiger partial charge in [-0.3, -0.25) is 4.79 Å². The average molecular weight is 271 g/mol. The third kappa shape index (κ3) is 3.69. The topological polar surface area (TPSA) is 94.3 Å². The number of nitrogens with one attached hydrogen (secondary N) is 1. The minimum Gasteiger partial charge on any atom is -0.461 e. The monoisotopic (exact) mass is 271 g/mol. The fourth-order valence-corrected chi connectivity index (χ4v) is 1.72. The summed E-state index contributed by atoms with van der Waals surface area (Å²) in [6.07, 6.45) is 0. The Bertz CT molecular complexity index is 442. The number of amides is 1. The Morgan fingerprint density at radius 1 is 1.56 bits per heavy atom. The minimum atomic E-state index is -0.671. The van der Waals surface area contributed by atoms with Gasteiger partial charge < -0.3 is 15.8 Å². The Hall–Kier alpha value is -1.63. The van der Waals surface area contributed by atoms with E-state index in [2.05, 4.69) is 10.3 Å². The molecule has 18 heavy (non-hydrogen) atoms. The van der Waals surface area contributed by atoms with Gasteiger partial charge in [0.1, 0.15) is 0 Å². The second kappa shape index (κ2) is 5.81. The zero-order valence-electron chi connectivity index (χ0n) is 10.6. The van der Waals surface area contributed by atoms with Gasteiger partial charge in [0, 0.05) is 11.9 Å². The van der Waals surface area contributed by atoms with Crippen molar-refractivity contribution in [3.8, 4) is 0 Å². The molecular formula is C11H17N3O3S. The largest absolute Gasteiger partial charge is 0.461 e. The van der Waals surface area contributed by atoms with E-state index < -0.39 is 17.3 Å². The number of thiazole rings is 1. The predicted molar refractivity (Wildman–Crippen MR) is 69.5 cm³/mol. The third-order valence-corrected chi connectivity index (χ3v) is 3.14. The van der Waals surface area contributed by atoms with E-state index in [1.54, 1.807) is 26.2 Å². The SMILES string of the molecule is CCOC(=O)c1csc(NCC(C)(C)C(N)=O)n1. The van der Waals surface area contributed by atoms with Gasteiger partial charge in [-0.2, -0.15) is 0 Å². The highest BCUT2D eigenvalue weighted by Gasteiger charge is 2.25. The number of rotatable bonds is 6. The summed E-state index contributed by atoms with van der Waals surface area (Å²) in [6.45, 7) is 5.88. The molecule has 0 saturated carbocycles. The first-order valence-electron chi connectivity index (χ1n) is 5.53. The summed E-state index contributed by atoms with van der Waals surface area (Å²) in [4.78, 5) is 26.6. The van der Waals surface area contributed by atoms with Crippen LogP contribution in [0.2, 0.25) is 0 Å². The van der Waals surface area contributed by atoms with Crippen LogP contribution in [-0.2, 0) is 9.53 Å². The van der Waals surface area contributed by atoms with Crippen molar-refractivity contribution in [1.29, 1.82) is 0 Å². The fourth-order valence-electron chi connectivity index (χ4n) is 1.04. The van der Waals surface area contributed by atoms with Crippen molar-refractivity contribution in [2.24, 2.45) is 11.1 Å². The summed E-state index contributed by atoms with van der Waals surface area (Å²) in [5.74, 6) is -0.840. The van der Waals surface area contributed by atoms with Gasteiger partial charge in [-0.25, -0.2) is 9.78 Å². The molecule has 0 aliphatic carbocycles. The van der Waals surface area contributed by atoms with Crippen molar-refractivity contribution in [2.75, 3.05) is 18.5 Å². The molecular weight excluding hydrogens is 254 g/mol. The number of carbonyl (C=O) groups excluding carboxylic acids is 2. The van der Waals surface area contributed by atoms with Gasteiger partial charge in [-0.15, -0.1) is 11.3 Å². The first-order valence-corrected chi connectivity index (χ1v) is 6.41. The molecule has 1 aromatic rings. The van der Waals surface area contributed by atoms with Crippen LogP contribution in [0, 0.1) is 5.41 Å². The Balaban J connectivity index is 2.60. The zero-order chi connectivity index (χ0) is 13.8. The zero-order valence-corrected chi connectivity index (χ0v) is 11.5. The first-order chi connectivity index (χ1) is 8.36. The third-order valence-electron chi connectivity index (χ3n) is 2.34. The van der Waals surface area contributed by atoms with Crippen LogP contribution in [0.5, 0.6) is 0 Å². The van der Waals surface area contributed by atoms with Crippen LogP contribution < -0.4 is 11.1 Å². The molecule has 1 amide bonds. The maximum absolute atomic E-state index is 11.4. The van der Waals surface area contributed by atoms with E-state index in [0.29, 0.717) is 18.3 Å². The molecule has 1 heterocycles. The number of ether oxygens (including phenoxy) is 1. The van der Waals surface area contributed by atoms with Gasteiger partial charge in [0.15, 0.2) is 10.8 Å². The number of nitrogens with two attached hydrogens (primary N) is 1. The summed E-state index contributed by atoms with van der Waals surface area (Å²) >= 11 is 1.28. The molecule has 0 fully saturated rings. The van der Waals surface area contributed by atoms with Crippen LogP contribution in [0.4, 0.5) is 5.13 Å². The molecule has 100 valence electrons. The molecule has 0 aromatic carbocycles. The number of nitrogens with zero attached hydrogens (tertiary/aromatic N) is 1. The minimum absolute atomic E-state index is 0.265. The van der Waals surface area contributed by atoms with Crippen LogP contribution in [0.3, 0.4) is 0 Å². The molecule has 3 N–H and O–H groups in total. The van der Waals surface area contributed by atoms with Crippen molar-refractivity contribution >= 4 is 28.3 Å². The van der Waals surface area contributed by atoms with E-state index in [-0.39, 0.29) is 5.69 Å². The van der Waals surface area contributed by atoms with Crippen molar-refractivity contribution in [2.45, 2.75) is 20.8 Å². The van der Waals surface area contributed by atoms with Crippen LogP contribution in [0.1, 0.15) is 31.3 Å². The number of esters is 1. The molecule has 0 saturated heterocycles. The van der Waals surface area contributed by atoms with Gasteiger partial charge in [0.25, 0.3) is 0 Å². The number of carbonyl (C=O) groups is 2. The lowest BCUT2D eigenvalue weighted by atomic mass is 9.93. The summed E-state index contributed by atoms with van der Waals surface area (Å²) < 4.78 is 4.83. The number of primary amides is 1. The fraction of sp³-hybridized carbons (Fsp3) is 0.545. The number of hydrogen-bond acceptors (Lipinski definition) is 6. The highest BCUT2D eigenvalue weighted by molar-refractivity contribution is 7.13. The van der Waals surface area contributed by atoms with E-state index in [0.717, 1.165) is 0 Å². The summed E-state index contributed by atoms with van der Waals surface area (Å²) in [7, 11) is 0. The molecule has 0 spiro atoms. The van der Waals surface area contributed by atoms with Crippen molar-refractivity contribution in [1.82, 2.24) is 4.98 Å². The second-order valence-corrected chi connectivity index (χ2v) is 5.22. The highest BCUT2D eigenvalue weighted by Crippen LogP contribution is 2.20. The van der Waals surface area contributed by atoms with E-state index in [1.165, 1.54) is 11.3 Å². The van der Waals surface area contributed by atoms with Crippen LogP contribution in [-0.4, -0.2) is 30.0 Å². The van der Waals surface area contributed by atoms with Gasteiger partial charge in [0.2, 0.25) is 5.91 Å². The lowest BCUT2D eigenvalue weighted by Gasteiger charge is -2.20. The maximum atomic E-state index is 11.4. The molecule has 1 rings (SSSR count). The Morgan fingerprint density at radius 3 is 2.78 bits per heavy atom. The molecule has 0 aliphatic heterocycles. The summed E-state index contributed by atoms with van der Waals surface area (Å²) in [5, 5.41) is 5.15. The van der Waals surface area contributed by atoms with Crippen LogP contribution >= 0.6 is 11.3 Å². The van der Waals surface area contributed by atoms with Crippen LogP contribution in [0.15, 0.2) is 5.38 Å². The molecule has 6 nitrogen and oxygen atoms in total. The second-order valence-electron chi connectivity index (χ2n) is 4.36. The Morgan fingerprint density at radius 2 is 2.22 bits per heavy atom. The summed E-state index contributed by atoms with van der Waals surface area (Å²) in [6, 6.07) is 0. The molecule has 0 aliphatic rings. The normalized spacial score (nSPS) is 11.1. The average Bonchev–Trinajstić information content (AvgIpc) is 2.75. The van der Waals surface area contributed by atoms with Crippen molar-refractivity contribution in [3.05, 3.63) is 11.1 Å². The molecule has 0 radical (unpaired) electrons. The standard InChI is InChI=1S/C11H17N3O3S/c1-4-17-8(15)7-5-18-10(14-7)13-6-11(2,3)9(12)16/h5H,4,6H2,1-3H3,(H2,12,16)(H,13,14). The van der Waals surface area contributed by atoms with Gasteiger partial charge >= 0.3 is 5.97 Å². The quantitative estimate of drug-likeness (QED) is 0.759. The van der Waals surface area contributed by atoms with E-state index in [9.17, 15) is 9.59 Å². The molecule has 1 aromatic heterocycles. The van der Waals surface area contributed by atoms with E-state index in [4.69, 9.17) is 10.5 Å². The highest BCUT2D eigenvalue weighted by atomic mass is 32.1. The number of hydrogen-bond donors (Lipinski definition) is 2. The predicted octanol–water partition coefficient (Wildman–Crippen LogP) is 1.24. The van der Waals surface area contributed by atoms with Crippen molar-refractivity contribution in [3.63, 3.8) is 0 Å². The van der Waals surface area contributed by atoms with Crippen LogP contribution in [0.25, 0.3) is 0 Å². The Labute approximate surface area is 110 Å². The van der Waals surface area contributed by atoms with Crippen molar-refractivity contribution < 1.29 is 14.3 Å². The lowest BCUT2D eigenvalue weighted by molar-refractivity contribution is -0.125.